The first-order valence-corrected chi connectivity index (χ1v) is 8.10. The van der Waals surface area contributed by atoms with Crippen LogP contribution in [0, 0.1) is 0 Å². The number of aromatic nitrogens is 1. The van der Waals surface area contributed by atoms with Crippen LogP contribution in [0.4, 0.5) is 5.13 Å². The fraction of sp³-hybridized carbons (Fsp3) is 0.312. The maximum Gasteiger partial charge on any atom is 0.257 e. The first-order chi connectivity index (χ1) is 10.6. The van der Waals surface area contributed by atoms with Gasteiger partial charge in [-0.05, 0) is 26.0 Å². The maximum atomic E-state index is 12.0. The summed E-state index contributed by atoms with van der Waals surface area (Å²) in [7, 11) is 0. The highest BCUT2D eigenvalue weighted by molar-refractivity contribution is 7.14. The number of anilines is 1. The number of carbonyl (C=O) groups is 2. The molecule has 116 valence electrons. The summed E-state index contributed by atoms with van der Waals surface area (Å²) >= 11 is 1.33. The number of nitrogens with zero attached hydrogens (tertiary/aromatic N) is 2. The van der Waals surface area contributed by atoms with Gasteiger partial charge >= 0.3 is 0 Å². The average molecular weight is 317 g/mol. The number of thiazole rings is 1. The lowest BCUT2D eigenvalue weighted by Gasteiger charge is -2.17. The van der Waals surface area contributed by atoms with Crippen LogP contribution in [0.2, 0.25) is 0 Å². The largest absolute Gasteiger partial charge is 0.343 e. The summed E-state index contributed by atoms with van der Waals surface area (Å²) in [5, 5.41) is 5.07. The van der Waals surface area contributed by atoms with Crippen LogP contribution in [0.5, 0.6) is 0 Å². The van der Waals surface area contributed by atoms with Gasteiger partial charge in [0.25, 0.3) is 5.91 Å². The molecular weight excluding hydrogens is 298 g/mol. The number of nitrogens with one attached hydrogen (secondary N) is 1. The summed E-state index contributed by atoms with van der Waals surface area (Å²) < 4.78 is 0. The second-order valence-electron chi connectivity index (χ2n) is 4.71. The Bertz CT molecular complexity index is 636. The lowest BCUT2D eigenvalue weighted by atomic mass is 10.2. The normalized spacial score (nSPS) is 10.3. The molecule has 0 radical (unpaired) electrons. The van der Waals surface area contributed by atoms with E-state index in [1.54, 1.807) is 17.0 Å². The Balaban J connectivity index is 1.97. The molecule has 2 rings (SSSR count). The molecule has 0 saturated heterocycles. The Hall–Kier alpha value is -2.21. The molecule has 0 atom stereocenters. The van der Waals surface area contributed by atoms with Crippen LogP contribution in [-0.4, -0.2) is 34.8 Å². The SMILES string of the molecule is CCN(CC)C(=O)Cc1csc(NC(=O)c2ccccc2)n1. The van der Waals surface area contributed by atoms with Gasteiger partial charge in [-0.2, -0.15) is 0 Å². The lowest BCUT2D eigenvalue weighted by Crippen LogP contribution is -2.31. The Labute approximate surface area is 134 Å². The zero-order chi connectivity index (χ0) is 15.9. The van der Waals surface area contributed by atoms with Crippen molar-refractivity contribution < 1.29 is 9.59 Å². The molecule has 22 heavy (non-hydrogen) atoms. The van der Waals surface area contributed by atoms with Crippen molar-refractivity contribution in [3.05, 3.63) is 47.0 Å². The summed E-state index contributed by atoms with van der Waals surface area (Å²) in [6.07, 6.45) is 0.263. The van der Waals surface area contributed by atoms with Crippen LogP contribution in [0.25, 0.3) is 0 Å². The first-order valence-electron chi connectivity index (χ1n) is 7.22. The van der Waals surface area contributed by atoms with Crippen molar-refractivity contribution in [3.63, 3.8) is 0 Å². The smallest absolute Gasteiger partial charge is 0.257 e. The molecular formula is C16H19N3O2S. The average Bonchev–Trinajstić information content (AvgIpc) is 2.96. The van der Waals surface area contributed by atoms with Crippen molar-refractivity contribution in [3.8, 4) is 0 Å². The maximum absolute atomic E-state index is 12.0. The van der Waals surface area contributed by atoms with Crippen molar-refractivity contribution in [2.24, 2.45) is 0 Å². The molecule has 0 saturated carbocycles. The van der Waals surface area contributed by atoms with E-state index in [0.29, 0.717) is 29.5 Å². The van der Waals surface area contributed by atoms with Crippen LogP contribution in [0.3, 0.4) is 0 Å². The quantitative estimate of drug-likeness (QED) is 0.891. The Kier molecular flexibility index (Phi) is 5.66. The van der Waals surface area contributed by atoms with Gasteiger partial charge < -0.3 is 4.90 Å². The second-order valence-corrected chi connectivity index (χ2v) is 5.57. The third-order valence-electron chi connectivity index (χ3n) is 3.26. The van der Waals surface area contributed by atoms with Gasteiger partial charge in [0.2, 0.25) is 5.91 Å². The number of hydrogen-bond donors (Lipinski definition) is 1. The van der Waals surface area contributed by atoms with E-state index in [9.17, 15) is 9.59 Å². The topological polar surface area (TPSA) is 62.3 Å². The molecule has 0 aliphatic rings. The summed E-state index contributed by atoms with van der Waals surface area (Å²) in [6, 6.07) is 8.97. The van der Waals surface area contributed by atoms with Crippen molar-refractivity contribution in [2.75, 3.05) is 18.4 Å². The standard InChI is InChI=1S/C16H19N3O2S/c1-3-19(4-2)14(20)10-13-11-22-16(17-13)18-15(21)12-8-6-5-7-9-12/h5-9,11H,3-4,10H2,1-2H3,(H,17,18,21). The van der Waals surface area contributed by atoms with Gasteiger partial charge in [0.15, 0.2) is 5.13 Å². The molecule has 0 aliphatic heterocycles. The molecule has 1 N–H and O–H groups in total. The predicted molar refractivity (Wildman–Crippen MR) is 88.1 cm³/mol. The van der Waals surface area contributed by atoms with Gasteiger partial charge in [-0.1, -0.05) is 18.2 Å². The molecule has 0 bridgehead atoms. The number of rotatable bonds is 6. The minimum absolute atomic E-state index is 0.0521. The molecule has 1 heterocycles. The monoisotopic (exact) mass is 317 g/mol. The van der Waals surface area contributed by atoms with E-state index in [2.05, 4.69) is 10.3 Å². The minimum atomic E-state index is -0.198. The van der Waals surface area contributed by atoms with Crippen LogP contribution in [-0.2, 0) is 11.2 Å². The molecule has 6 heteroatoms. The van der Waals surface area contributed by atoms with Gasteiger partial charge in [0.05, 0.1) is 12.1 Å². The first kappa shape index (κ1) is 16.2. The molecule has 1 aromatic carbocycles. The van der Waals surface area contributed by atoms with Crippen LogP contribution in [0.1, 0.15) is 29.9 Å². The fourth-order valence-electron chi connectivity index (χ4n) is 2.05. The third-order valence-corrected chi connectivity index (χ3v) is 4.06. The van der Waals surface area contributed by atoms with Crippen molar-refractivity contribution >= 4 is 28.3 Å². The van der Waals surface area contributed by atoms with Crippen LogP contribution < -0.4 is 5.32 Å². The predicted octanol–water partition coefficient (Wildman–Crippen LogP) is 2.81. The van der Waals surface area contributed by atoms with E-state index in [1.165, 1.54) is 11.3 Å². The third kappa shape index (κ3) is 4.14. The van der Waals surface area contributed by atoms with Crippen molar-refractivity contribution in [1.29, 1.82) is 0 Å². The van der Waals surface area contributed by atoms with Gasteiger partial charge in [-0.25, -0.2) is 4.98 Å². The highest BCUT2D eigenvalue weighted by Crippen LogP contribution is 2.17. The molecule has 0 fully saturated rings. The zero-order valence-corrected chi connectivity index (χ0v) is 13.5. The molecule has 2 aromatic rings. The van der Waals surface area contributed by atoms with Gasteiger partial charge in [0, 0.05) is 24.0 Å². The summed E-state index contributed by atoms with van der Waals surface area (Å²) in [5.41, 5.74) is 1.27. The van der Waals surface area contributed by atoms with Crippen LogP contribution >= 0.6 is 11.3 Å². The van der Waals surface area contributed by atoms with E-state index in [1.807, 2.05) is 37.4 Å². The van der Waals surface area contributed by atoms with Crippen LogP contribution in [0.15, 0.2) is 35.7 Å². The Morgan fingerprint density at radius 3 is 2.50 bits per heavy atom. The Morgan fingerprint density at radius 2 is 1.86 bits per heavy atom. The van der Waals surface area contributed by atoms with Crippen molar-refractivity contribution in [1.82, 2.24) is 9.88 Å². The van der Waals surface area contributed by atoms with E-state index in [0.717, 1.165) is 0 Å². The number of hydrogen-bond acceptors (Lipinski definition) is 4. The van der Waals surface area contributed by atoms with E-state index >= 15 is 0 Å². The van der Waals surface area contributed by atoms with Crippen molar-refractivity contribution in [2.45, 2.75) is 20.3 Å². The second kappa shape index (κ2) is 7.70. The zero-order valence-electron chi connectivity index (χ0n) is 12.7. The number of amides is 2. The van der Waals surface area contributed by atoms with E-state index in [-0.39, 0.29) is 18.2 Å². The van der Waals surface area contributed by atoms with E-state index in [4.69, 9.17) is 0 Å². The number of benzene rings is 1. The highest BCUT2D eigenvalue weighted by Gasteiger charge is 2.14. The van der Waals surface area contributed by atoms with Gasteiger partial charge in [-0.15, -0.1) is 11.3 Å². The lowest BCUT2D eigenvalue weighted by molar-refractivity contribution is -0.130. The molecule has 1 aromatic heterocycles. The highest BCUT2D eigenvalue weighted by atomic mass is 32.1. The summed E-state index contributed by atoms with van der Waals surface area (Å²) in [5.74, 6) is -0.146. The number of likely N-dealkylation sites (N-methyl/N-ethyl adjacent to an activating group) is 1. The molecule has 0 aliphatic carbocycles. The fourth-order valence-corrected chi connectivity index (χ4v) is 2.75. The van der Waals surface area contributed by atoms with Gasteiger partial charge in [-0.3, -0.25) is 14.9 Å². The molecule has 0 unspecified atom stereocenters. The molecule has 5 nitrogen and oxygen atoms in total. The molecule has 2 amide bonds. The van der Waals surface area contributed by atoms with E-state index < -0.39 is 0 Å². The Morgan fingerprint density at radius 1 is 1.18 bits per heavy atom. The number of carbonyl (C=O) groups excluding carboxylic acids is 2. The van der Waals surface area contributed by atoms with Gasteiger partial charge in [0.1, 0.15) is 0 Å². The summed E-state index contributed by atoms with van der Waals surface area (Å²) in [6.45, 7) is 5.29. The minimum Gasteiger partial charge on any atom is -0.343 e. The molecule has 0 spiro atoms. The summed E-state index contributed by atoms with van der Waals surface area (Å²) in [4.78, 5) is 30.1.